The number of aromatic nitrogens is 1. The number of hydrogen-bond donors (Lipinski definition) is 0. The summed E-state index contributed by atoms with van der Waals surface area (Å²) < 4.78 is 18.1. The monoisotopic (exact) mass is 191 g/mol. The molecule has 0 aromatic carbocycles. The lowest BCUT2D eigenvalue weighted by atomic mass is 10.1. The molecule has 0 saturated carbocycles. The van der Waals surface area contributed by atoms with Crippen LogP contribution in [0.25, 0.3) is 11.1 Å². The summed E-state index contributed by atoms with van der Waals surface area (Å²) in [5.41, 5.74) is 0.760. The lowest BCUT2D eigenvalue weighted by Crippen LogP contribution is -1.87. The van der Waals surface area contributed by atoms with E-state index in [1.165, 1.54) is 18.5 Å². The molecular weight excluding hydrogens is 185 g/mol. The van der Waals surface area contributed by atoms with Gasteiger partial charge in [0, 0.05) is 17.3 Å². The minimum absolute atomic E-state index is 0.120. The standard InChI is InChI=1S/C10H6FNO2/c11-9-5-12-3-1-7(9)8-2-4-14-10(8)6-13/h1-6H. The van der Waals surface area contributed by atoms with Gasteiger partial charge in [0.15, 0.2) is 12.0 Å². The van der Waals surface area contributed by atoms with E-state index in [0.717, 1.165) is 6.20 Å². The van der Waals surface area contributed by atoms with Crippen molar-refractivity contribution in [2.45, 2.75) is 0 Å². The fourth-order valence-corrected chi connectivity index (χ4v) is 1.23. The number of aldehydes is 1. The van der Waals surface area contributed by atoms with Crippen molar-refractivity contribution in [1.82, 2.24) is 4.98 Å². The van der Waals surface area contributed by atoms with E-state index < -0.39 is 5.82 Å². The normalized spacial score (nSPS) is 10.1. The molecule has 0 fully saturated rings. The van der Waals surface area contributed by atoms with Gasteiger partial charge in [-0.2, -0.15) is 0 Å². The quantitative estimate of drug-likeness (QED) is 0.684. The molecule has 2 aromatic rings. The van der Waals surface area contributed by atoms with Crippen molar-refractivity contribution in [1.29, 1.82) is 0 Å². The fourth-order valence-electron chi connectivity index (χ4n) is 1.23. The topological polar surface area (TPSA) is 43.1 Å². The van der Waals surface area contributed by atoms with Crippen molar-refractivity contribution in [2.75, 3.05) is 0 Å². The SMILES string of the molecule is O=Cc1occc1-c1ccncc1F. The highest BCUT2D eigenvalue weighted by Gasteiger charge is 2.11. The number of pyridine rings is 1. The Hall–Kier alpha value is -1.97. The molecule has 3 nitrogen and oxygen atoms in total. The zero-order valence-corrected chi connectivity index (χ0v) is 7.11. The highest BCUT2D eigenvalue weighted by atomic mass is 19.1. The van der Waals surface area contributed by atoms with Gasteiger partial charge in [0.1, 0.15) is 5.82 Å². The predicted molar refractivity (Wildman–Crippen MR) is 47.3 cm³/mol. The first-order valence-corrected chi connectivity index (χ1v) is 3.95. The Morgan fingerprint density at radius 2 is 2.21 bits per heavy atom. The zero-order chi connectivity index (χ0) is 9.97. The van der Waals surface area contributed by atoms with E-state index in [-0.39, 0.29) is 5.76 Å². The van der Waals surface area contributed by atoms with Crippen LogP contribution in [0.4, 0.5) is 4.39 Å². The van der Waals surface area contributed by atoms with Gasteiger partial charge in [-0.05, 0) is 12.1 Å². The smallest absolute Gasteiger partial charge is 0.185 e. The lowest BCUT2D eigenvalue weighted by Gasteiger charge is -1.98. The van der Waals surface area contributed by atoms with Crippen LogP contribution in [0.5, 0.6) is 0 Å². The van der Waals surface area contributed by atoms with Gasteiger partial charge in [-0.1, -0.05) is 0 Å². The highest BCUT2D eigenvalue weighted by Crippen LogP contribution is 2.25. The van der Waals surface area contributed by atoms with E-state index in [4.69, 9.17) is 4.42 Å². The number of furan rings is 1. The first-order chi connectivity index (χ1) is 6.83. The van der Waals surface area contributed by atoms with Gasteiger partial charge in [0.2, 0.25) is 0 Å². The van der Waals surface area contributed by atoms with Crippen LogP contribution < -0.4 is 0 Å². The van der Waals surface area contributed by atoms with Gasteiger partial charge >= 0.3 is 0 Å². The number of nitrogens with zero attached hydrogens (tertiary/aromatic N) is 1. The maximum Gasteiger partial charge on any atom is 0.185 e. The van der Waals surface area contributed by atoms with Crippen LogP contribution in [-0.4, -0.2) is 11.3 Å². The van der Waals surface area contributed by atoms with Crippen molar-refractivity contribution in [3.8, 4) is 11.1 Å². The van der Waals surface area contributed by atoms with Crippen molar-refractivity contribution in [2.24, 2.45) is 0 Å². The summed E-state index contributed by atoms with van der Waals surface area (Å²) in [6.45, 7) is 0. The van der Waals surface area contributed by atoms with E-state index in [9.17, 15) is 9.18 Å². The van der Waals surface area contributed by atoms with E-state index in [2.05, 4.69) is 4.98 Å². The van der Waals surface area contributed by atoms with Crippen molar-refractivity contribution >= 4 is 6.29 Å². The van der Waals surface area contributed by atoms with Gasteiger partial charge < -0.3 is 4.42 Å². The predicted octanol–water partition coefficient (Wildman–Crippen LogP) is 2.29. The van der Waals surface area contributed by atoms with E-state index in [0.29, 0.717) is 17.4 Å². The first kappa shape index (κ1) is 8.62. The third kappa shape index (κ3) is 1.31. The molecule has 0 bridgehead atoms. The second kappa shape index (κ2) is 3.41. The molecule has 0 radical (unpaired) electrons. The zero-order valence-electron chi connectivity index (χ0n) is 7.11. The number of carbonyl (C=O) groups is 1. The van der Waals surface area contributed by atoms with Crippen LogP contribution in [0.1, 0.15) is 10.6 Å². The molecule has 0 atom stereocenters. The number of halogens is 1. The molecule has 14 heavy (non-hydrogen) atoms. The summed E-state index contributed by atoms with van der Waals surface area (Å²) in [7, 11) is 0. The summed E-state index contributed by atoms with van der Waals surface area (Å²) in [5, 5.41) is 0. The van der Waals surface area contributed by atoms with Crippen LogP contribution >= 0.6 is 0 Å². The summed E-state index contributed by atoms with van der Waals surface area (Å²) in [6, 6.07) is 3.04. The average molecular weight is 191 g/mol. The van der Waals surface area contributed by atoms with Gasteiger partial charge in [-0.15, -0.1) is 0 Å². The van der Waals surface area contributed by atoms with Crippen LogP contribution in [0.2, 0.25) is 0 Å². The lowest BCUT2D eigenvalue weighted by molar-refractivity contribution is 0.110. The second-order valence-electron chi connectivity index (χ2n) is 2.67. The maximum absolute atomic E-state index is 13.2. The average Bonchev–Trinajstić information content (AvgIpc) is 2.66. The molecule has 0 unspecified atom stereocenters. The number of carbonyl (C=O) groups excluding carboxylic acids is 1. The maximum atomic E-state index is 13.2. The highest BCUT2D eigenvalue weighted by molar-refractivity contribution is 5.84. The molecule has 0 saturated heterocycles. The molecular formula is C10H6FNO2. The van der Waals surface area contributed by atoms with E-state index in [1.807, 2.05) is 0 Å². The summed E-state index contributed by atoms with van der Waals surface area (Å²) in [4.78, 5) is 14.2. The minimum atomic E-state index is -0.475. The van der Waals surface area contributed by atoms with Crippen LogP contribution in [0.15, 0.2) is 35.2 Å². The number of rotatable bonds is 2. The van der Waals surface area contributed by atoms with Gasteiger partial charge in [-0.3, -0.25) is 9.78 Å². The Morgan fingerprint density at radius 3 is 2.93 bits per heavy atom. The molecule has 4 heteroatoms. The van der Waals surface area contributed by atoms with Gasteiger partial charge in [0.05, 0.1) is 12.5 Å². The summed E-state index contributed by atoms with van der Waals surface area (Å²) in [5.74, 6) is -0.355. The molecule has 0 aliphatic carbocycles. The Balaban J connectivity index is 2.60. The Kier molecular flexibility index (Phi) is 2.10. The minimum Gasteiger partial charge on any atom is -0.461 e. The molecule has 0 aliphatic heterocycles. The van der Waals surface area contributed by atoms with Gasteiger partial charge in [0.25, 0.3) is 0 Å². The summed E-state index contributed by atoms with van der Waals surface area (Å²) in [6.07, 6.45) is 4.45. The van der Waals surface area contributed by atoms with Gasteiger partial charge in [-0.25, -0.2) is 4.39 Å². The third-order valence-corrected chi connectivity index (χ3v) is 1.86. The number of hydrogen-bond acceptors (Lipinski definition) is 3. The Labute approximate surface area is 79.2 Å². The van der Waals surface area contributed by atoms with Crippen molar-refractivity contribution < 1.29 is 13.6 Å². The summed E-state index contributed by atoms with van der Waals surface area (Å²) >= 11 is 0. The third-order valence-electron chi connectivity index (χ3n) is 1.86. The Bertz CT molecular complexity index is 465. The van der Waals surface area contributed by atoms with Crippen molar-refractivity contribution in [3.05, 3.63) is 42.4 Å². The van der Waals surface area contributed by atoms with Crippen LogP contribution in [0, 0.1) is 5.82 Å². The molecule has 2 rings (SSSR count). The molecule has 0 amide bonds. The largest absolute Gasteiger partial charge is 0.461 e. The second-order valence-corrected chi connectivity index (χ2v) is 2.67. The molecule has 70 valence electrons. The molecule has 0 aliphatic rings. The Morgan fingerprint density at radius 1 is 1.36 bits per heavy atom. The fraction of sp³-hybridized carbons (Fsp3) is 0. The van der Waals surface area contributed by atoms with E-state index >= 15 is 0 Å². The molecule has 2 aromatic heterocycles. The van der Waals surface area contributed by atoms with Crippen molar-refractivity contribution in [3.63, 3.8) is 0 Å². The molecule has 2 heterocycles. The van der Waals surface area contributed by atoms with E-state index in [1.54, 1.807) is 6.07 Å². The first-order valence-electron chi connectivity index (χ1n) is 3.95. The molecule has 0 N–H and O–H groups in total. The molecule has 0 spiro atoms. The van der Waals surface area contributed by atoms with Crippen LogP contribution in [0.3, 0.4) is 0 Å². The van der Waals surface area contributed by atoms with Crippen LogP contribution in [-0.2, 0) is 0 Å².